The first-order valence-electron chi connectivity index (χ1n) is 9.79. The first kappa shape index (κ1) is 69.5. The van der Waals surface area contributed by atoms with Crippen LogP contribution in [0.1, 0.15) is 6.42 Å². The van der Waals surface area contributed by atoms with Crippen molar-refractivity contribution in [1.29, 1.82) is 0 Å². The van der Waals surface area contributed by atoms with Crippen LogP contribution in [0.5, 0.6) is 0 Å². The van der Waals surface area contributed by atoms with Crippen molar-refractivity contribution in [2.24, 2.45) is 0 Å². The fourth-order valence-corrected chi connectivity index (χ4v) is 0. The molecule has 47 heavy (non-hydrogen) atoms. The molecule has 0 saturated carbocycles. The molecular weight excluding hydrogens is 1020 g/mol. The molecule has 12 nitrogen and oxygen atoms in total. The van der Waals surface area contributed by atoms with Crippen LogP contribution in [0, 0.1) is 26.9 Å². The fourth-order valence-electron chi connectivity index (χ4n) is 0. The van der Waals surface area contributed by atoms with E-state index in [-0.39, 0.29) is 47.8 Å². The summed E-state index contributed by atoms with van der Waals surface area (Å²) < 4.78 is 236. The fraction of sp³-hybridized carbons (Fsp3) is 0.733. The summed E-state index contributed by atoms with van der Waals surface area (Å²) in [5.74, 6) is 0. The Hall–Kier alpha value is 0.701. The first-order chi connectivity index (χ1) is 18.4. The molecule has 6 radical (unpaired) electrons. The summed E-state index contributed by atoms with van der Waals surface area (Å²) in [6.07, 6.45) is 0.750. The van der Waals surface area contributed by atoms with Gasteiger partial charge in [0.25, 0.3) is 0 Å². The molecule has 0 aliphatic rings. The standard InChI is InChI=1S/2C4H11Si.C3H6.4CHF3O3S.2Sn/c2*1-5(2,3)4;1-3-2;4*2-1(3,4)8(5,6)7;;/h2*1H2,2-4H3;1-3H2;4*(H,5,6,7);;/q;;;;;;;2*+2/p-4. The number of alkyl halides is 12. The smallest absolute Gasteiger partial charge is 0.741 e. The van der Waals surface area contributed by atoms with Crippen molar-refractivity contribution in [1.82, 2.24) is 0 Å². The van der Waals surface area contributed by atoms with Gasteiger partial charge in [-0.2, -0.15) is 52.7 Å². The number of rotatable bonds is 0. The van der Waals surface area contributed by atoms with E-state index in [1.165, 1.54) is 0 Å². The maximum absolute atomic E-state index is 10.7. The summed E-state index contributed by atoms with van der Waals surface area (Å²) >= 11 is 0. The third-order valence-electron chi connectivity index (χ3n) is 1.13. The molecule has 0 atom stereocenters. The zero-order chi connectivity index (χ0) is 39.7. The minimum atomic E-state index is -6.09. The van der Waals surface area contributed by atoms with Gasteiger partial charge in [0.15, 0.2) is 40.5 Å². The average molecular weight is 1050 g/mol. The van der Waals surface area contributed by atoms with Gasteiger partial charge >= 0.3 is 69.8 Å². The molecule has 0 aromatic heterocycles. The van der Waals surface area contributed by atoms with E-state index in [1.54, 1.807) is 0 Å². The van der Waals surface area contributed by atoms with Crippen molar-refractivity contribution in [3.05, 3.63) is 26.9 Å². The zero-order valence-electron chi connectivity index (χ0n) is 24.6. The Bertz CT molecular complexity index is 1030. The Kier molecular flexibility index (Phi) is 37.9. The van der Waals surface area contributed by atoms with Crippen molar-refractivity contribution in [2.45, 2.75) is 67.7 Å². The van der Waals surface area contributed by atoms with Crippen LogP contribution < -0.4 is 0 Å². The zero-order valence-corrected chi connectivity index (χ0v) is 35.6. The quantitative estimate of drug-likeness (QED) is 0.111. The van der Waals surface area contributed by atoms with E-state index in [4.69, 9.17) is 51.9 Å². The van der Waals surface area contributed by atoms with Crippen LogP contribution in [0.25, 0.3) is 0 Å². The molecule has 284 valence electrons. The second-order valence-corrected chi connectivity index (χ2v) is 24.8. The normalized spacial score (nSPS) is 12.4. The largest absolute Gasteiger partial charge is 2.00 e. The van der Waals surface area contributed by atoms with Gasteiger partial charge in [-0.15, -0.1) is 0 Å². The van der Waals surface area contributed by atoms with Crippen molar-refractivity contribution in [3.63, 3.8) is 0 Å². The predicted molar refractivity (Wildman–Crippen MR) is 147 cm³/mol. The maximum atomic E-state index is 10.7. The summed E-state index contributed by atoms with van der Waals surface area (Å²) in [7, 11) is -26.1. The van der Waals surface area contributed by atoms with Crippen molar-refractivity contribution < 1.29 is 105 Å². The predicted octanol–water partition coefficient (Wildman–Crippen LogP) is 3.88. The molecule has 0 aliphatic heterocycles. The van der Waals surface area contributed by atoms with Gasteiger partial charge in [-0.05, 0) is 6.42 Å². The molecule has 0 unspecified atom stereocenters. The molecule has 0 N–H and O–H groups in total. The number of hydrogen-bond acceptors (Lipinski definition) is 12. The molecule has 0 rings (SSSR count). The summed E-state index contributed by atoms with van der Waals surface area (Å²) in [5.41, 5.74) is -22.6. The third-order valence-corrected chi connectivity index (χ3v) is 3.40. The third kappa shape index (κ3) is 69.3. The van der Waals surface area contributed by atoms with E-state index in [0.717, 1.165) is 6.42 Å². The van der Waals surface area contributed by atoms with Gasteiger partial charge in [0.1, 0.15) is 0 Å². The van der Waals surface area contributed by atoms with E-state index < -0.39 is 78.7 Å². The van der Waals surface area contributed by atoms with Crippen LogP contribution in [0.4, 0.5) is 52.7 Å². The second kappa shape index (κ2) is 25.6. The molecule has 0 spiro atoms. The van der Waals surface area contributed by atoms with E-state index in [2.05, 4.69) is 66.2 Å². The van der Waals surface area contributed by atoms with Crippen molar-refractivity contribution in [3.8, 4) is 0 Å². The molecule has 0 heterocycles. The van der Waals surface area contributed by atoms with Crippen LogP contribution in [0.2, 0.25) is 39.3 Å². The topological polar surface area (TPSA) is 229 Å². The van der Waals surface area contributed by atoms with Crippen LogP contribution >= 0.6 is 0 Å². The van der Waals surface area contributed by atoms with Crippen molar-refractivity contribution in [2.75, 3.05) is 0 Å². The van der Waals surface area contributed by atoms with E-state index >= 15 is 0 Å². The molecule has 0 aromatic carbocycles. The molecule has 32 heteroatoms. The average Bonchev–Trinajstić information content (AvgIpc) is 2.53. The van der Waals surface area contributed by atoms with Gasteiger partial charge in [-0.25, -0.2) is 33.7 Å². The van der Waals surface area contributed by atoms with Crippen LogP contribution in [-0.2, 0) is 40.5 Å². The van der Waals surface area contributed by atoms with E-state index in [0.29, 0.717) is 0 Å². The Morgan fingerprint density at radius 1 is 0.489 bits per heavy atom. The molecule has 0 aliphatic carbocycles. The summed E-state index contributed by atoms with van der Waals surface area (Å²) in [6, 6.07) is 0. The molecule has 0 aromatic rings. The van der Waals surface area contributed by atoms with Crippen molar-refractivity contribution >= 4 is 104 Å². The maximum Gasteiger partial charge on any atom is 2.00 e. The molecule has 0 saturated heterocycles. The summed E-state index contributed by atoms with van der Waals surface area (Å²) in [4.78, 5) is 0. The molecule has 0 amide bonds. The van der Waals surface area contributed by atoms with Gasteiger partial charge in [-0.3, -0.25) is 6.92 Å². The Morgan fingerprint density at radius 2 is 0.511 bits per heavy atom. The van der Waals surface area contributed by atoms with Crippen LogP contribution in [0.15, 0.2) is 0 Å². The summed E-state index contributed by atoms with van der Waals surface area (Å²) in [6.45, 7) is 27.9. The Balaban J connectivity index is -0.0000000518. The molecule has 0 bridgehead atoms. The number of hydrogen-bond donors (Lipinski definition) is 0. The molecular formula is C15H28F12O12S4Si2Sn2. The van der Waals surface area contributed by atoms with Crippen LogP contribution in [0.3, 0.4) is 0 Å². The van der Waals surface area contributed by atoms with Crippen LogP contribution in [-0.4, -0.2) is 138 Å². The van der Waals surface area contributed by atoms with Gasteiger partial charge in [0.2, 0.25) is 0 Å². The van der Waals surface area contributed by atoms with Gasteiger partial charge in [-0.1, -0.05) is 52.4 Å². The second-order valence-electron chi connectivity index (χ2n) is 9.07. The van der Waals surface area contributed by atoms with Gasteiger partial charge in [0, 0.05) is 23.1 Å². The van der Waals surface area contributed by atoms with E-state index in [9.17, 15) is 52.7 Å². The van der Waals surface area contributed by atoms with E-state index in [1.807, 2.05) is 0 Å². The minimum Gasteiger partial charge on any atom is -0.741 e. The first-order valence-corrected chi connectivity index (χ1v) is 22.8. The number of halogens is 12. The SMILES string of the molecule is O=S(=O)([O-])C(F)(F)F.O=S(=O)([O-])C(F)(F)F.O=S(=O)([O-])C(F)(F)F.O=S(=O)([O-])C(F)(F)F.[CH2+]C[CH2-].[CH2][Si](C)(C)C.[CH2][Si](C)(C)C.[Sn+2].[Sn+2]. The monoisotopic (exact) mass is 1050 g/mol. The Labute approximate surface area is 301 Å². The van der Waals surface area contributed by atoms with Gasteiger partial charge < -0.3 is 18.2 Å². The summed E-state index contributed by atoms with van der Waals surface area (Å²) in [5, 5.41) is 0. The minimum absolute atomic E-state index is 0. The Morgan fingerprint density at radius 3 is 0.511 bits per heavy atom. The van der Waals surface area contributed by atoms with Gasteiger partial charge in [0.05, 0.1) is 0 Å². The molecule has 0 fully saturated rings.